The van der Waals surface area contributed by atoms with E-state index in [1.807, 2.05) is 19.2 Å². The SMILES string of the molecule is CCCS(=O)(=O)NCCc1c[nH]c2cc(OC)c(OC)c(OC)c12. The van der Waals surface area contributed by atoms with Crippen molar-refractivity contribution >= 4 is 20.9 Å². The van der Waals surface area contributed by atoms with Gasteiger partial charge in [-0.1, -0.05) is 6.92 Å². The van der Waals surface area contributed by atoms with Crippen LogP contribution in [0, 0.1) is 0 Å². The summed E-state index contributed by atoms with van der Waals surface area (Å²) in [4.78, 5) is 3.17. The van der Waals surface area contributed by atoms with E-state index in [0.717, 1.165) is 16.5 Å². The standard InChI is InChI=1S/C16H24N2O5S/c1-5-8-24(19,20)18-7-6-11-10-17-12-9-13(21-2)15(22-3)16(23-4)14(11)12/h9-10,17-18H,5-8H2,1-4H3. The van der Waals surface area contributed by atoms with Crippen LogP contribution in [0.4, 0.5) is 0 Å². The summed E-state index contributed by atoms with van der Waals surface area (Å²) in [6.45, 7) is 2.16. The summed E-state index contributed by atoms with van der Waals surface area (Å²) in [6.07, 6.45) is 2.97. The van der Waals surface area contributed by atoms with Crippen molar-refractivity contribution in [2.45, 2.75) is 19.8 Å². The number of aromatic nitrogens is 1. The Morgan fingerprint density at radius 1 is 1.12 bits per heavy atom. The predicted molar refractivity (Wildman–Crippen MR) is 93.7 cm³/mol. The zero-order valence-corrected chi connectivity index (χ0v) is 15.2. The first-order valence-corrected chi connectivity index (χ1v) is 9.38. The highest BCUT2D eigenvalue weighted by atomic mass is 32.2. The van der Waals surface area contributed by atoms with Crippen LogP contribution in [0.25, 0.3) is 10.9 Å². The second-order valence-corrected chi connectivity index (χ2v) is 7.27. The molecule has 2 aromatic rings. The van der Waals surface area contributed by atoms with Crippen LogP contribution < -0.4 is 18.9 Å². The van der Waals surface area contributed by atoms with E-state index in [-0.39, 0.29) is 5.75 Å². The summed E-state index contributed by atoms with van der Waals surface area (Å²) >= 11 is 0. The quantitative estimate of drug-likeness (QED) is 0.718. The zero-order chi connectivity index (χ0) is 17.7. The summed E-state index contributed by atoms with van der Waals surface area (Å²) in [6, 6.07) is 1.83. The average molecular weight is 356 g/mol. The van der Waals surface area contributed by atoms with E-state index < -0.39 is 10.0 Å². The number of ether oxygens (including phenoxy) is 3. The molecule has 8 heteroatoms. The summed E-state index contributed by atoms with van der Waals surface area (Å²) < 4.78 is 42.4. The molecule has 0 bridgehead atoms. The first-order chi connectivity index (χ1) is 11.5. The van der Waals surface area contributed by atoms with E-state index in [0.29, 0.717) is 36.6 Å². The molecular weight excluding hydrogens is 332 g/mol. The smallest absolute Gasteiger partial charge is 0.211 e. The van der Waals surface area contributed by atoms with Gasteiger partial charge in [-0.3, -0.25) is 0 Å². The van der Waals surface area contributed by atoms with Gasteiger partial charge in [0.2, 0.25) is 15.8 Å². The molecule has 0 atom stereocenters. The van der Waals surface area contributed by atoms with Gasteiger partial charge in [0, 0.05) is 24.2 Å². The Balaban J connectivity index is 2.32. The van der Waals surface area contributed by atoms with Crippen molar-refractivity contribution in [2.75, 3.05) is 33.6 Å². The number of benzene rings is 1. The van der Waals surface area contributed by atoms with Crippen molar-refractivity contribution < 1.29 is 22.6 Å². The third-order valence-electron chi connectivity index (χ3n) is 3.74. The van der Waals surface area contributed by atoms with Crippen molar-refractivity contribution in [1.29, 1.82) is 0 Å². The van der Waals surface area contributed by atoms with Crippen LogP contribution in [0.2, 0.25) is 0 Å². The number of sulfonamides is 1. The largest absolute Gasteiger partial charge is 0.493 e. The Morgan fingerprint density at radius 3 is 2.42 bits per heavy atom. The van der Waals surface area contributed by atoms with Gasteiger partial charge in [0.15, 0.2) is 11.5 Å². The van der Waals surface area contributed by atoms with Gasteiger partial charge in [-0.2, -0.15) is 0 Å². The zero-order valence-electron chi connectivity index (χ0n) is 14.4. The van der Waals surface area contributed by atoms with Crippen LogP contribution >= 0.6 is 0 Å². The summed E-state index contributed by atoms with van der Waals surface area (Å²) in [5, 5.41) is 0.866. The molecular formula is C16H24N2O5S. The number of methoxy groups -OCH3 is 3. The normalized spacial score (nSPS) is 11.7. The van der Waals surface area contributed by atoms with Gasteiger partial charge in [0.05, 0.1) is 32.6 Å². The molecule has 1 heterocycles. The van der Waals surface area contributed by atoms with Crippen molar-refractivity contribution in [1.82, 2.24) is 9.71 Å². The van der Waals surface area contributed by atoms with Crippen molar-refractivity contribution in [3.8, 4) is 17.2 Å². The lowest BCUT2D eigenvalue weighted by Gasteiger charge is -2.14. The van der Waals surface area contributed by atoms with Gasteiger partial charge in [0.25, 0.3) is 0 Å². The van der Waals surface area contributed by atoms with E-state index in [9.17, 15) is 8.42 Å². The minimum absolute atomic E-state index is 0.134. The monoisotopic (exact) mass is 356 g/mol. The van der Waals surface area contributed by atoms with Gasteiger partial charge in [-0.05, 0) is 18.4 Å². The van der Waals surface area contributed by atoms with Crippen molar-refractivity contribution in [2.24, 2.45) is 0 Å². The van der Waals surface area contributed by atoms with Crippen LogP contribution in [0.1, 0.15) is 18.9 Å². The van der Waals surface area contributed by atoms with E-state index in [2.05, 4.69) is 9.71 Å². The Labute approximate surface area is 142 Å². The molecule has 24 heavy (non-hydrogen) atoms. The summed E-state index contributed by atoms with van der Waals surface area (Å²) in [5.74, 6) is 1.79. The fraction of sp³-hybridized carbons (Fsp3) is 0.500. The Bertz CT molecular complexity index is 798. The third kappa shape index (κ3) is 3.76. The van der Waals surface area contributed by atoms with Crippen LogP contribution in [-0.2, 0) is 16.4 Å². The molecule has 134 valence electrons. The molecule has 0 radical (unpaired) electrons. The number of hydrogen-bond acceptors (Lipinski definition) is 5. The lowest BCUT2D eigenvalue weighted by molar-refractivity contribution is 0.327. The lowest BCUT2D eigenvalue weighted by atomic mass is 10.1. The number of hydrogen-bond donors (Lipinski definition) is 2. The molecule has 0 unspecified atom stereocenters. The molecule has 2 rings (SSSR count). The van der Waals surface area contributed by atoms with Crippen LogP contribution in [0.5, 0.6) is 17.2 Å². The Hall–Kier alpha value is -1.93. The van der Waals surface area contributed by atoms with Gasteiger partial charge in [-0.25, -0.2) is 13.1 Å². The number of H-pyrrole nitrogens is 1. The summed E-state index contributed by atoms with van der Waals surface area (Å²) in [7, 11) is 1.47. The Morgan fingerprint density at radius 2 is 1.83 bits per heavy atom. The first-order valence-electron chi connectivity index (χ1n) is 7.73. The maximum Gasteiger partial charge on any atom is 0.211 e. The number of aromatic amines is 1. The molecule has 7 nitrogen and oxygen atoms in total. The highest BCUT2D eigenvalue weighted by Crippen LogP contribution is 2.44. The average Bonchev–Trinajstić information content (AvgIpc) is 2.95. The van der Waals surface area contributed by atoms with E-state index in [1.54, 1.807) is 21.3 Å². The maximum atomic E-state index is 11.7. The van der Waals surface area contributed by atoms with Crippen molar-refractivity contribution in [3.63, 3.8) is 0 Å². The first kappa shape index (κ1) is 18.4. The second-order valence-electron chi connectivity index (χ2n) is 5.35. The topological polar surface area (TPSA) is 89.7 Å². The maximum absolute atomic E-state index is 11.7. The Kier molecular flexibility index (Phi) is 5.95. The molecule has 0 amide bonds. The highest BCUT2D eigenvalue weighted by Gasteiger charge is 2.19. The van der Waals surface area contributed by atoms with Crippen LogP contribution in [0.15, 0.2) is 12.3 Å². The molecule has 0 fully saturated rings. The highest BCUT2D eigenvalue weighted by molar-refractivity contribution is 7.89. The van der Waals surface area contributed by atoms with E-state index >= 15 is 0 Å². The minimum atomic E-state index is -3.21. The van der Waals surface area contributed by atoms with Gasteiger partial charge < -0.3 is 19.2 Å². The lowest BCUT2D eigenvalue weighted by Crippen LogP contribution is -2.28. The number of nitrogens with one attached hydrogen (secondary N) is 2. The second kappa shape index (κ2) is 7.76. The molecule has 0 aliphatic carbocycles. The fourth-order valence-electron chi connectivity index (χ4n) is 2.71. The van der Waals surface area contributed by atoms with Gasteiger partial charge in [0.1, 0.15) is 0 Å². The van der Waals surface area contributed by atoms with Gasteiger partial charge in [-0.15, -0.1) is 0 Å². The number of rotatable bonds is 9. The van der Waals surface area contributed by atoms with E-state index in [1.165, 1.54) is 0 Å². The molecule has 0 saturated heterocycles. The number of fused-ring (bicyclic) bond motifs is 1. The van der Waals surface area contributed by atoms with Crippen molar-refractivity contribution in [3.05, 3.63) is 17.8 Å². The predicted octanol–water partition coefficient (Wildman–Crippen LogP) is 2.07. The fourth-order valence-corrected chi connectivity index (χ4v) is 3.80. The minimum Gasteiger partial charge on any atom is -0.493 e. The van der Waals surface area contributed by atoms with Crippen LogP contribution in [0.3, 0.4) is 0 Å². The molecule has 0 aliphatic heterocycles. The van der Waals surface area contributed by atoms with E-state index in [4.69, 9.17) is 14.2 Å². The summed E-state index contributed by atoms with van der Waals surface area (Å²) in [5.41, 5.74) is 1.79. The van der Waals surface area contributed by atoms with Crippen LogP contribution in [-0.4, -0.2) is 47.0 Å². The molecule has 1 aromatic heterocycles. The molecule has 2 N–H and O–H groups in total. The van der Waals surface area contributed by atoms with Gasteiger partial charge >= 0.3 is 0 Å². The molecule has 0 spiro atoms. The molecule has 0 aliphatic rings. The molecule has 0 saturated carbocycles. The molecule has 1 aromatic carbocycles. The third-order valence-corrected chi connectivity index (χ3v) is 5.33.